The highest BCUT2D eigenvalue weighted by molar-refractivity contribution is 7.16. The lowest BCUT2D eigenvalue weighted by molar-refractivity contribution is 0.495. The molecule has 0 saturated heterocycles. The van der Waals surface area contributed by atoms with E-state index in [2.05, 4.69) is 22.2 Å². The Kier molecular flexibility index (Phi) is 3.89. The highest BCUT2D eigenvalue weighted by Crippen LogP contribution is 2.27. The Balaban J connectivity index is 1.70. The number of aromatic nitrogens is 2. The molecule has 1 unspecified atom stereocenters. The van der Waals surface area contributed by atoms with Gasteiger partial charge in [0, 0.05) is 12.5 Å². The normalized spacial score (nSPS) is 12.7. The van der Waals surface area contributed by atoms with Crippen LogP contribution < -0.4 is 5.32 Å². The third kappa shape index (κ3) is 2.94. The van der Waals surface area contributed by atoms with E-state index in [1.54, 1.807) is 17.6 Å². The summed E-state index contributed by atoms with van der Waals surface area (Å²) in [5, 5.41) is 6.69. The van der Waals surface area contributed by atoms with Crippen LogP contribution in [0, 0.1) is 0 Å². The van der Waals surface area contributed by atoms with E-state index in [9.17, 15) is 0 Å². The summed E-state index contributed by atoms with van der Waals surface area (Å²) < 4.78 is 5.34. The van der Waals surface area contributed by atoms with Crippen LogP contribution in [-0.2, 0) is 6.42 Å². The number of aryl methyl sites for hydroxylation is 1. The monoisotopic (exact) mass is 307 g/mol. The molecule has 1 atom stereocenters. The molecule has 1 N–H and O–H groups in total. The number of nitrogens with one attached hydrogen (secondary N) is 1. The third-order valence-corrected chi connectivity index (χ3v) is 4.06. The molecule has 0 radical (unpaired) electrons. The van der Waals surface area contributed by atoms with Gasteiger partial charge in [-0.25, -0.2) is 9.97 Å². The van der Waals surface area contributed by atoms with Gasteiger partial charge in [0.15, 0.2) is 0 Å². The predicted octanol–water partition coefficient (Wildman–Crippen LogP) is 4.37. The van der Waals surface area contributed by atoms with Crippen molar-refractivity contribution in [3.8, 4) is 0 Å². The number of hydrogen-bond donors (Lipinski definition) is 1. The molecule has 0 spiro atoms. The number of fused-ring (bicyclic) bond motifs is 1. The summed E-state index contributed by atoms with van der Waals surface area (Å²) in [5.41, 5.74) is 0. The van der Waals surface area contributed by atoms with Crippen LogP contribution >= 0.6 is 22.9 Å². The van der Waals surface area contributed by atoms with Crippen LogP contribution in [0.5, 0.6) is 0 Å². The number of rotatable bonds is 5. The maximum absolute atomic E-state index is 5.95. The summed E-state index contributed by atoms with van der Waals surface area (Å²) in [6.07, 6.45) is 3.56. The minimum absolute atomic E-state index is 0.272. The van der Waals surface area contributed by atoms with Gasteiger partial charge in [0.05, 0.1) is 11.6 Å². The SMILES string of the molecule is CC(CCc1ccco1)Nc1nc(Cl)nc2sccc12. The van der Waals surface area contributed by atoms with E-state index in [1.807, 2.05) is 23.6 Å². The molecular formula is C14H14ClN3OS. The molecule has 0 aliphatic rings. The van der Waals surface area contributed by atoms with Crippen molar-refractivity contribution in [2.24, 2.45) is 0 Å². The first-order valence-corrected chi connectivity index (χ1v) is 7.68. The number of halogens is 1. The molecule has 0 aromatic carbocycles. The average Bonchev–Trinajstić information content (AvgIpc) is 3.06. The Hall–Kier alpha value is -1.59. The van der Waals surface area contributed by atoms with Crippen LogP contribution in [0.1, 0.15) is 19.1 Å². The highest BCUT2D eigenvalue weighted by Gasteiger charge is 2.11. The number of hydrogen-bond acceptors (Lipinski definition) is 5. The van der Waals surface area contributed by atoms with E-state index in [1.165, 1.54) is 0 Å². The fraction of sp³-hybridized carbons (Fsp3) is 0.286. The largest absolute Gasteiger partial charge is 0.469 e. The van der Waals surface area contributed by atoms with Crippen molar-refractivity contribution in [3.63, 3.8) is 0 Å². The maximum atomic E-state index is 5.95. The van der Waals surface area contributed by atoms with Crippen LogP contribution in [0.15, 0.2) is 34.3 Å². The second-order valence-electron chi connectivity index (χ2n) is 4.64. The Morgan fingerprint density at radius 3 is 3.10 bits per heavy atom. The van der Waals surface area contributed by atoms with Crippen molar-refractivity contribution in [2.45, 2.75) is 25.8 Å². The van der Waals surface area contributed by atoms with Gasteiger partial charge in [-0.05, 0) is 48.5 Å². The molecule has 104 valence electrons. The van der Waals surface area contributed by atoms with Crippen molar-refractivity contribution in [1.29, 1.82) is 0 Å². The Labute approximate surface area is 125 Å². The quantitative estimate of drug-likeness (QED) is 0.711. The Bertz CT molecular complexity index is 696. The maximum Gasteiger partial charge on any atom is 0.225 e. The molecule has 0 aliphatic carbocycles. The van der Waals surface area contributed by atoms with Crippen molar-refractivity contribution in [1.82, 2.24) is 9.97 Å². The first-order chi connectivity index (χ1) is 9.72. The van der Waals surface area contributed by atoms with Gasteiger partial charge in [-0.3, -0.25) is 0 Å². The van der Waals surface area contributed by atoms with Gasteiger partial charge < -0.3 is 9.73 Å². The molecule has 0 amide bonds. The zero-order valence-electron chi connectivity index (χ0n) is 11.0. The van der Waals surface area contributed by atoms with Gasteiger partial charge in [-0.1, -0.05) is 0 Å². The van der Waals surface area contributed by atoms with E-state index in [0.717, 1.165) is 34.6 Å². The van der Waals surface area contributed by atoms with Crippen LogP contribution in [0.3, 0.4) is 0 Å². The molecule has 3 rings (SSSR count). The van der Waals surface area contributed by atoms with Gasteiger partial charge in [0.1, 0.15) is 16.4 Å². The van der Waals surface area contributed by atoms with Gasteiger partial charge >= 0.3 is 0 Å². The standard InChI is InChI=1S/C14H14ClN3OS/c1-9(4-5-10-3-2-7-19-10)16-12-11-6-8-20-13(11)18-14(15)17-12/h2-3,6-9H,4-5H2,1H3,(H,16,17,18). The lowest BCUT2D eigenvalue weighted by atomic mass is 10.1. The summed E-state index contributed by atoms with van der Waals surface area (Å²) in [5.74, 6) is 1.80. The zero-order valence-corrected chi connectivity index (χ0v) is 12.5. The molecule has 3 heterocycles. The van der Waals surface area contributed by atoms with Crippen LogP contribution in [0.4, 0.5) is 5.82 Å². The summed E-state index contributed by atoms with van der Waals surface area (Å²) >= 11 is 7.52. The lowest BCUT2D eigenvalue weighted by Gasteiger charge is -2.14. The topological polar surface area (TPSA) is 51.0 Å². The molecule has 3 aromatic rings. The predicted molar refractivity (Wildman–Crippen MR) is 82.5 cm³/mol. The van der Waals surface area contributed by atoms with E-state index in [-0.39, 0.29) is 11.3 Å². The summed E-state index contributed by atoms with van der Waals surface area (Å²) in [6.45, 7) is 2.12. The van der Waals surface area contributed by atoms with Crippen molar-refractivity contribution in [3.05, 3.63) is 40.9 Å². The molecule has 0 aliphatic heterocycles. The van der Waals surface area contributed by atoms with Crippen LogP contribution in [0.2, 0.25) is 5.28 Å². The molecule has 20 heavy (non-hydrogen) atoms. The van der Waals surface area contributed by atoms with E-state index >= 15 is 0 Å². The molecule has 0 bridgehead atoms. The number of thiophene rings is 1. The molecule has 0 saturated carbocycles. The van der Waals surface area contributed by atoms with Gasteiger partial charge in [-0.2, -0.15) is 0 Å². The van der Waals surface area contributed by atoms with Crippen molar-refractivity contribution in [2.75, 3.05) is 5.32 Å². The van der Waals surface area contributed by atoms with Gasteiger partial charge in [0.2, 0.25) is 5.28 Å². The number of nitrogens with zero attached hydrogens (tertiary/aromatic N) is 2. The van der Waals surface area contributed by atoms with Gasteiger partial charge in [-0.15, -0.1) is 11.3 Å². The first kappa shape index (κ1) is 13.4. The molecule has 4 nitrogen and oxygen atoms in total. The van der Waals surface area contributed by atoms with E-state index in [0.29, 0.717) is 0 Å². The molecular weight excluding hydrogens is 294 g/mol. The van der Waals surface area contributed by atoms with Crippen molar-refractivity contribution >= 4 is 39.0 Å². The summed E-state index contributed by atoms with van der Waals surface area (Å²) in [6, 6.07) is 6.18. The molecule has 3 aromatic heterocycles. The van der Waals surface area contributed by atoms with E-state index in [4.69, 9.17) is 16.0 Å². The second kappa shape index (κ2) is 5.81. The average molecular weight is 308 g/mol. The van der Waals surface area contributed by atoms with Crippen molar-refractivity contribution < 1.29 is 4.42 Å². The number of furan rings is 1. The third-order valence-electron chi connectivity index (χ3n) is 3.08. The summed E-state index contributed by atoms with van der Waals surface area (Å²) in [4.78, 5) is 9.40. The first-order valence-electron chi connectivity index (χ1n) is 6.42. The zero-order chi connectivity index (χ0) is 13.9. The summed E-state index contributed by atoms with van der Waals surface area (Å²) in [7, 11) is 0. The highest BCUT2D eigenvalue weighted by atomic mass is 35.5. The number of anilines is 1. The smallest absolute Gasteiger partial charge is 0.225 e. The Morgan fingerprint density at radius 2 is 2.30 bits per heavy atom. The minimum Gasteiger partial charge on any atom is -0.469 e. The fourth-order valence-electron chi connectivity index (χ4n) is 2.06. The van der Waals surface area contributed by atoms with Crippen LogP contribution in [0.25, 0.3) is 10.2 Å². The molecule has 0 fully saturated rings. The van der Waals surface area contributed by atoms with E-state index < -0.39 is 0 Å². The fourth-order valence-corrected chi connectivity index (χ4v) is 3.04. The molecule has 6 heteroatoms. The minimum atomic E-state index is 0.272. The second-order valence-corrected chi connectivity index (χ2v) is 5.88. The lowest BCUT2D eigenvalue weighted by Crippen LogP contribution is -2.17. The Morgan fingerprint density at radius 1 is 1.40 bits per heavy atom. The van der Waals surface area contributed by atoms with Gasteiger partial charge in [0.25, 0.3) is 0 Å². The van der Waals surface area contributed by atoms with Crippen LogP contribution in [-0.4, -0.2) is 16.0 Å².